The highest BCUT2D eigenvalue weighted by Crippen LogP contribution is 2.18. The summed E-state index contributed by atoms with van der Waals surface area (Å²) >= 11 is 0. The third-order valence-corrected chi connectivity index (χ3v) is 3.85. The number of ether oxygens (including phenoxy) is 1. The van der Waals surface area contributed by atoms with E-state index in [0.29, 0.717) is 6.04 Å². The van der Waals surface area contributed by atoms with Crippen molar-refractivity contribution in [3.63, 3.8) is 0 Å². The molecular formula is C16H25N3O2. The standard InChI is InChI=1S/C16H25N3O2/c1-3-19-10-8-15(9-11-19)17-13-4-6-14(7-5-13)18-16(20)12-21-2/h4-7,15,17H,3,8-12H2,1-2H3,(H,18,20). The minimum absolute atomic E-state index is 0.0794. The second-order valence-corrected chi connectivity index (χ2v) is 5.41. The lowest BCUT2D eigenvalue weighted by Crippen LogP contribution is -2.38. The lowest BCUT2D eigenvalue weighted by molar-refractivity contribution is -0.119. The predicted molar refractivity (Wildman–Crippen MR) is 85.7 cm³/mol. The fourth-order valence-corrected chi connectivity index (χ4v) is 2.61. The van der Waals surface area contributed by atoms with Crippen molar-refractivity contribution in [2.24, 2.45) is 0 Å². The zero-order valence-electron chi connectivity index (χ0n) is 12.9. The van der Waals surface area contributed by atoms with E-state index in [4.69, 9.17) is 4.74 Å². The van der Waals surface area contributed by atoms with E-state index in [9.17, 15) is 4.79 Å². The van der Waals surface area contributed by atoms with Crippen molar-refractivity contribution in [2.45, 2.75) is 25.8 Å². The van der Waals surface area contributed by atoms with Crippen LogP contribution in [0.25, 0.3) is 0 Å². The number of benzene rings is 1. The molecule has 0 aromatic heterocycles. The number of carbonyl (C=O) groups is 1. The van der Waals surface area contributed by atoms with Crippen LogP contribution in [0.3, 0.4) is 0 Å². The van der Waals surface area contributed by atoms with Crippen LogP contribution < -0.4 is 10.6 Å². The number of carbonyl (C=O) groups excluding carboxylic acids is 1. The van der Waals surface area contributed by atoms with Crippen LogP contribution in [0, 0.1) is 0 Å². The van der Waals surface area contributed by atoms with Gasteiger partial charge in [-0.25, -0.2) is 0 Å². The highest BCUT2D eigenvalue weighted by molar-refractivity contribution is 5.91. The molecule has 1 aromatic rings. The van der Waals surface area contributed by atoms with Gasteiger partial charge in [0.15, 0.2) is 0 Å². The molecule has 1 heterocycles. The number of likely N-dealkylation sites (tertiary alicyclic amines) is 1. The van der Waals surface area contributed by atoms with Crippen molar-refractivity contribution in [1.29, 1.82) is 0 Å². The molecule has 2 N–H and O–H groups in total. The number of hydrogen-bond acceptors (Lipinski definition) is 4. The van der Waals surface area contributed by atoms with Crippen molar-refractivity contribution >= 4 is 17.3 Å². The van der Waals surface area contributed by atoms with E-state index in [1.165, 1.54) is 33.0 Å². The maximum absolute atomic E-state index is 11.4. The number of rotatable bonds is 6. The first-order chi connectivity index (χ1) is 10.2. The lowest BCUT2D eigenvalue weighted by atomic mass is 10.0. The summed E-state index contributed by atoms with van der Waals surface area (Å²) in [5.41, 5.74) is 1.90. The molecule has 21 heavy (non-hydrogen) atoms. The minimum Gasteiger partial charge on any atom is -0.382 e. The number of hydrogen-bond donors (Lipinski definition) is 2. The summed E-state index contributed by atoms with van der Waals surface area (Å²) in [6, 6.07) is 8.39. The van der Waals surface area contributed by atoms with Crippen LogP contribution in [-0.4, -0.2) is 50.2 Å². The van der Waals surface area contributed by atoms with Gasteiger partial charge in [0.2, 0.25) is 5.91 Å². The number of nitrogens with zero attached hydrogens (tertiary/aromatic N) is 1. The summed E-state index contributed by atoms with van der Waals surface area (Å²) in [6.45, 7) is 5.77. The fourth-order valence-electron chi connectivity index (χ4n) is 2.61. The van der Waals surface area contributed by atoms with Crippen LogP contribution in [0.5, 0.6) is 0 Å². The zero-order chi connectivity index (χ0) is 15.1. The van der Waals surface area contributed by atoms with Gasteiger partial charge >= 0.3 is 0 Å². The molecule has 0 aliphatic carbocycles. The molecule has 116 valence electrons. The summed E-state index contributed by atoms with van der Waals surface area (Å²) in [5, 5.41) is 6.36. The van der Waals surface area contributed by atoms with E-state index in [-0.39, 0.29) is 12.5 Å². The summed E-state index contributed by atoms with van der Waals surface area (Å²) in [4.78, 5) is 13.9. The van der Waals surface area contributed by atoms with Crippen LogP contribution in [0.2, 0.25) is 0 Å². The van der Waals surface area contributed by atoms with E-state index in [1.807, 2.05) is 24.3 Å². The van der Waals surface area contributed by atoms with Crippen molar-refractivity contribution in [1.82, 2.24) is 4.90 Å². The highest BCUT2D eigenvalue weighted by atomic mass is 16.5. The Balaban J connectivity index is 1.81. The predicted octanol–water partition coefficient (Wildman–Crippen LogP) is 2.17. The topological polar surface area (TPSA) is 53.6 Å². The van der Waals surface area contributed by atoms with Crippen molar-refractivity contribution in [3.05, 3.63) is 24.3 Å². The van der Waals surface area contributed by atoms with Gasteiger partial charge in [-0.15, -0.1) is 0 Å². The molecule has 1 amide bonds. The third-order valence-electron chi connectivity index (χ3n) is 3.85. The van der Waals surface area contributed by atoms with Gasteiger partial charge in [-0.3, -0.25) is 4.79 Å². The maximum Gasteiger partial charge on any atom is 0.250 e. The summed E-state index contributed by atoms with van der Waals surface area (Å²) in [5.74, 6) is -0.134. The Labute approximate surface area is 126 Å². The van der Waals surface area contributed by atoms with Crippen molar-refractivity contribution in [3.8, 4) is 0 Å². The Hall–Kier alpha value is -1.59. The largest absolute Gasteiger partial charge is 0.382 e. The first kappa shape index (κ1) is 15.8. The van der Waals surface area contributed by atoms with Gasteiger partial charge in [-0.2, -0.15) is 0 Å². The lowest BCUT2D eigenvalue weighted by Gasteiger charge is -2.32. The average Bonchev–Trinajstić information content (AvgIpc) is 2.50. The molecule has 1 aromatic carbocycles. The molecule has 0 spiro atoms. The first-order valence-corrected chi connectivity index (χ1v) is 7.59. The van der Waals surface area contributed by atoms with Gasteiger partial charge in [0.1, 0.15) is 6.61 Å². The quantitative estimate of drug-likeness (QED) is 0.843. The smallest absolute Gasteiger partial charge is 0.250 e. The third kappa shape index (κ3) is 5.02. The molecule has 0 atom stereocenters. The molecule has 1 aliphatic heterocycles. The maximum atomic E-state index is 11.4. The molecular weight excluding hydrogens is 266 g/mol. The number of nitrogens with one attached hydrogen (secondary N) is 2. The molecule has 0 unspecified atom stereocenters. The van der Waals surface area contributed by atoms with Gasteiger partial charge in [0, 0.05) is 37.6 Å². The minimum atomic E-state index is -0.134. The van der Waals surface area contributed by atoms with Crippen molar-refractivity contribution < 1.29 is 9.53 Å². The average molecular weight is 291 g/mol. The number of piperidine rings is 1. The number of amides is 1. The second-order valence-electron chi connectivity index (χ2n) is 5.41. The van der Waals surface area contributed by atoms with Crippen LogP contribution in [0.4, 0.5) is 11.4 Å². The van der Waals surface area contributed by atoms with Crippen molar-refractivity contribution in [2.75, 3.05) is 44.0 Å². The fraction of sp³-hybridized carbons (Fsp3) is 0.562. The molecule has 5 nitrogen and oxygen atoms in total. The second kappa shape index (κ2) is 8.00. The zero-order valence-corrected chi connectivity index (χ0v) is 12.9. The summed E-state index contributed by atoms with van der Waals surface area (Å²) in [6.07, 6.45) is 2.36. The van der Waals surface area contributed by atoms with Gasteiger partial charge in [0.25, 0.3) is 0 Å². The molecule has 1 aliphatic rings. The van der Waals surface area contributed by atoms with Crippen LogP contribution >= 0.6 is 0 Å². The Morgan fingerprint density at radius 2 is 1.86 bits per heavy atom. The molecule has 0 radical (unpaired) electrons. The summed E-state index contributed by atoms with van der Waals surface area (Å²) in [7, 11) is 1.51. The van der Waals surface area contributed by atoms with Gasteiger partial charge in [0.05, 0.1) is 0 Å². The Kier molecular flexibility index (Phi) is 6.02. The summed E-state index contributed by atoms with van der Waals surface area (Å²) < 4.78 is 4.79. The molecule has 2 rings (SSSR count). The first-order valence-electron chi connectivity index (χ1n) is 7.59. The molecule has 5 heteroatoms. The van der Waals surface area contributed by atoms with E-state index in [2.05, 4.69) is 22.5 Å². The molecule has 1 fully saturated rings. The van der Waals surface area contributed by atoms with Gasteiger partial charge < -0.3 is 20.3 Å². The Morgan fingerprint density at radius 3 is 2.43 bits per heavy atom. The van der Waals surface area contributed by atoms with E-state index >= 15 is 0 Å². The van der Waals surface area contributed by atoms with Crippen LogP contribution in [0.15, 0.2) is 24.3 Å². The van der Waals surface area contributed by atoms with Gasteiger partial charge in [-0.1, -0.05) is 6.92 Å². The SMILES string of the molecule is CCN1CCC(Nc2ccc(NC(=O)COC)cc2)CC1. The molecule has 0 saturated carbocycles. The number of anilines is 2. The Bertz CT molecular complexity index is 439. The van der Waals surface area contributed by atoms with Crippen LogP contribution in [-0.2, 0) is 9.53 Å². The van der Waals surface area contributed by atoms with E-state index < -0.39 is 0 Å². The van der Waals surface area contributed by atoms with Gasteiger partial charge in [-0.05, 0) is 43.7 Å². The monoisotopic (exact) mass is 291 g/mol. The van der Waals surface area contributed by atoms with Crippen LogP contribution in [0.1, 0.15) is 19.8 Å². The highest BCUT2D eigenvalue weighted by Gasteiger charge is 2.17. The van der Waals surface area contributed by atoms with E-state index in [0.717, 1.165) is 17.9 Å². The normalized spacial score (nSPS) is 16.7. The van der Waals surface area contributed by atoms with E-state index in [1.54, 1.807) is 0 Å². The molecule has 0 bridgehead atoms. The molecule has 1 saturated heterocycles. The Morgan fingerprint density at radius 1 is 1.24 bits per heavy atom. The number of methoxy groups -OCH3 is 1.